The van der Waals surface area contributed by atoms with Crippen LogP contribution in [0.4, 0.5) is 0 Å². The third kappa shape index (κ3) is 20.2. The maximum Gasteiger partial charge on any atom is 0.219 e. The minimum Gasteiger partial charge on any atom is -0.356 e. The Morgan fingerprint density at radius 3 is 1.57 bits per heavy atom. The van der Waals surface area contributed by atoms with Crippen LogP contribution in [0.2, 0.25) is 0 Å². The first-order chi connectivity index (χ1) is 13.5. The lowest BCUT2D eigenvalue weighted by molar-refractivity contribution is -0.890. The lowest BCUT2D eigenvalue weighted by Gasteiger charge is -2.30. The molecule has 0 saturated carbocycles. The van der Waals surface area contributed by atoms with Gasteiger partial charge in [0.1, 0.15) is 0 Å². The highest BCUT2D eigenvalue weighted by molar-refractivity contribution is 5.75. The van der Waals surface area contributed by atoms with Crippen molar-refractivity contribution in [2.24, 2.45) is 0 Å². The van der Waals surface area contributed by atoms with Crippen molar-refractivity contribution in [1.82, 2.24) is 5.32 Å². The van der Waals surface area contributed by atoms with E-state index in [2.05, 4.69) is 33.3 Å². The van der Waals surface area contributed by atoms with Gasteiger partial charge in [0.2, 0.25) is 5.91 Å². The molecule has 0 aromatic heterocycles. The van der Waals surface area contributed by atoms with E-state index in [1.54, 1.807) is 0 Å². The number of quaternary nitrogens is 1. The first kappa shape index (κ1) is 27.4. The maximum atomic E-state index is 11.9. The molecule has 0 unspecified atom stereocenters. The molecule has 0 rings (SSSR count). The number of hydrogen-bond acceptors (Lipinski definition) is 1. The van der Waals surface area contributed by atoms with Gasteiger partial charge in [0, 0.05) is 19.4 Å². The summed E-state index contributed by atoms with van der Waals surface area (Å²) in [6.07, 6.45) is 21.9. The monoisotopic (exact) mass is 397 g/mol. The Morgan fingerprint density at radius 1 is 0.607 bits per heavy atom. The third-order valence-corrected chi connectivity index (χ3v) is 5.89. The number of nitrogens with one attached hydrogen (secondary N) is 1. The summed E-state index contributed by atoms with van der Waals surface area (Å²) in [6, 6.07) is 0. The van der Waals surface area contributed by atoms with E-state index >= 15 is 0 Å². The molecule has 0 aliphatic heterocycles. The molecule has 168 valence electrons. The van der Waals surface area contributed by atoms with Gasteiger partial charge in [-0.25, -0.2) is 0 Å². The first-order valence-corrected chi connectivity index (χ1v) is 12.6. The molecule has 1 amide bonds. The predicted octanol–water partition coefficient (Wildman–Crippen LogP) is 6.85. The molecule has 0 spiro atoms. The van der Waals surface area contributed by atoms with E-state index in [1.165, 1.54) is 96.4 Å². The fraction of sp³-hybridized carbons (Fsp3) is 0.960. The fourth-order valence-electron chi connectivity index (χ4n) is 3.85. The van der Waals surface area contributed by atoms with Crippen LogP contribution in [0.1, 0.15) is 123 Å². The molecular weight excluding hydrogens is 344 g/mol. The first-order valence-electron chi connectivity index (χ1n) is 12.6. The van der Waals surface area contributed by atoms with Crippen LogP contribution >= 0.6 is 0 Å². The molecule has 0 bridgehead atoms. The van der Waals surface area contributed by atoms with Crippen molar-refractivity contribution >= 4 is 5.91 Å². The van der Waals surface area contributed by atoms with Crippen molar-refractivity contribution in [2.45, 2.75) is 123 Å². The van der Waals surface area contributed by atoms with Crippen LogP contribution in [0.25, 0.3) is 0 Å². The Hall–Kier alpha value is -0.570. The fourth-order valence-corrected chi connectivity index (χ4v) is 3.85. The van der Waals surface area contributed by atoms with Crippen LogP contribution in [0, 0.1) is 0 Å². The van der Waals surface area contributed by atoms with E-state index in [0.29, 0.717) is 6.42 Å². The molecule has 0 radical (unpaired) electrons. The summed E-state index contributed by atoms with van der Waals surface area (Å²) in [6.45, 7) is 7.78. The summed E-state index contributed by atoms with van der Waals surface area (Å²) in [5, 5.41) is 3.11. The van der Waals surface area contributed by atoms with Gasteiger partial charge < -0.3 is 9.80 Å². The molecule has 28 heavy (non-hydrogen) atoms. The molecule has 0 aromatic carbocycles. The topological polar surface area (TPSA) is 29.1 Å². The number of amides is 1. The second kappa shape index (κ2) is 19.7. The molecule has 1 N–H and O–H groups in total. The molecule has 0 heterocycles. The average Bonchev–Trinajstić information content (AvgIpc) is 2.66. The predicted molar refractivity (Wildman–Crippen MR) is 125 cm³/mol. The molecule has 0 aliphatic rings. The number of hydrogen-bond donors (Lipinski definition) is 1. The minimum atomic E-state index is 0.247. The third-order valence-electron chi connectivity index (χ3n) is 5.89. The number of carbonyl (C=O) groups excluding carboxylic acids is 1. The van der Waals surface area contributed by atoms with Crippen LogP contribution in [-0.2, 0) is 4.79 Å². The summed E-state index contributed by atoms with van der Waals surface area (Å²) >= 11 is 0. The van der Waals surface area contributed by atoms with E-state index in [4.69, 9.17) is 0 Å². The largest absolute Gasteiger partial charge is 0.356 e. The summed E-state index contributed by atoms with van der Waals surface area (Å²) in [4.78, 5) is 11.9. The van der Waals surface area contributed by atoms with Crippen LogP contribution < -0.4 is 5.32 Å². The van der Waals surface area contributed by atoms with Gasteiger partial charge in [-0.15, -0.1) is 0 Å². The molecule has 3 heteroatoms. The van der Waals surface area contributed by atoms with Gasteiger partial charge in [-0.3, -0.25) is 4.79 Å². The van der Waals surface area contributed by atoms with Gasteiger partial charge >= 0.3 is 0 Å². The Labute approximate surface area is 177 Å². The zero-order valence-electron chi connectivity index (χ0n) is 20.0. The minimum absolute atomic E-state index is 0.247. The van der Waals surface area contributed by atoms with Crippen molar-refractivity contribution in [3.8, 4) is 0 Å². The SMILES string of the molecule is CCCCCCCCCCCC[N+](C)(C)CCCNC(=O)CCCCCCC. The van der Waals surface area contributed by atoms with E-state index < -0.39 is 0 Å². The molecule has 0 aliphatic carbocycles. The lowest BCUT2D eigenvalue weighted by atomic mass is 10.1. The molecule has 3 nitrogen and oxygen atoms in total. The maximum absolute atomic E-state index is 11.9. The van der Waals surface area contributed by atoms with Crippen LogP contribution in [0.3, 0.4) is 0 Å². The van der Waals surface area contributed by atoms with Gasteiger partial charge in [0.05, 0.1) is 27.2 Å². The second-order valence-electron chi connectivity index (χ2n) is 9.43. The summed E-state index contributed by atoms with van der Waals surface area (Å²) < 4.78 is 1.09. The number of carbonyl (C=O) groups is 1. The van der Waals surface area contributed by atoms with Gasteiger partial charge in [-0.2, -0.15) is 0 Å². The lowest BCUT2D eigenvalue weighted by Crippen LogP contribution is -2.42. The highest BCUT2D eigenvalue weighted by Crippen LogP contribution is 2.12. The van der Waals surface area contributed by atoms with Gasteiger partial charge in [0.25, 0.3) is 0 Å². The number of nitrogens with zero attached hydrogens (tertiary/aromatic N) is 1. The zero-order valence-corrected chi connectivity index (χ0v) is 20.0. The van der Waals surface area contributed by atoms with Crippen molar-refractivity contribution in [3.05, 3.63) is 0 Å². The van der Waals surface area contributed by atoms with Crippen molar-refractivity contribution in [2.75, 3.05) is 33.7 Å². The van der Waals surface area contributed by atoms with Gasteiger partial charge in [-0.1, -0.05) is 90.9 Å². The smallest absolute Gasteiger partial charge is 0.219 e. The van der Waals surface area contributed by atoms with E-state index in [-0.39, 0.29) is 5.91 Å². The Balaban J connectivity index is 3.46. The molecule has 0 aromatic rings. The van der Waals surface area contributed by atoms with Crippen molar-refractivity contribution in [3.63, 3.8) is 0 Å². The molecule has 0 saturated heterocycles. The average molecular weight is 398 g/mol. The standard InChI is InChI=1S/C25H52N2O/c1-5-7-9-11-12-13-14-15-17-19-23-27(3,4)24-20-22-26-25(28)21-18-16-10-8-6-2/h5-24H2,1-4H3/p+1. The summed E-state index contributed by atoms with van der Waals surface area (Å²) in [5.74, 6) is 0.247. The quantitative estimate of drug-likeness (QED) is 0.166. The Morgan fingerprint density at radius 2 is 1.04 bits per heavy atom. The van der Waals surface area contributed by atoms with Crippen molar-refractivity contribution < 1.29 is 9.28 Å². The van der Waals surface area contributed by atoms with E-state index in [9.17, 15) is 4.79 Å². The van der Waals surface area contributed by atoms with E-state index in [1.807, 2.05) is 0 Å². The Kier molecular flexibility index (Phi) is 19.3. The highest BCUT2D eigenvalue weighted by atomic mass is 16.1. The zero-order chi connectivity index (χ0) is 20.9. The van der Waals surface area contributed by atoms with Crippen LogP contribution in [0.5, 0.6) is 0 Å². The molecular formula is C25H53N2O+. The summed E-state index contributed by atoms with van der Waals surface area (Å²) in [7, 11) is 4.67. The van der Waals surface area contributed by atoms with Crippen LogP contribution in [-0.4, -0.2) is 44.1 Å². The molecule has 0 fully saturated rings. The van der Waals surface area contributed by atoms with Gasteiger partial charge in [-0.05, 0) is 19.3 Å². The highest BCUT2D eigenvalue weighted by Gasteiger charge is 2.14. The summed E-state index contributed by atoms with van der Waals surface area (Å²) in [5.41, 5.74) is 0. The van der Waals surface area contributed by atoms with Crippen LogP contribution in [0.15, 0.2) is 0 Å². The van der Waals surface area contributed by atoms with Gasteiger partial charge in [0.15, 0.2) is 0 Å². The van der Waals surface area contributed by atoms with Crippen molar-refractivity contribution in [1.29, 1.82) is 0 Å². The second-order valence-corrected chi connectivity index (χ2v) is 9.43. The number of unbranched alkanes of at least 4 members (excludes halogenated alkanes) is 13. The van der Waals surface area contributed by atoms with E-state index in [0.717, 1.165) is 30.4 Å². The normalized spacial score (nSPS) is 11.7. The Bertz CT molecular complexity index is 341. The molecule has 0 atom stereocenters. The number of rotatable bonds is 21.